The molecule has 0 spiro atoms. The molecule has 2 aromatic carbocycles. The lowest BCUT2D eigenvalue weighted by molar-refractivity contribution is -0.139. The highest BCUT2D eigenvalue weighted by Crippen LogP contribution is 2.39. The number of benzene rings is 2. The first kappa shape index (κ1) is 24.4. The van der Waals surface area contributed by atoms with Crippen molar-refractivity contribution in [2.45, 2.75) is 17.3 Å². The molecule has 36 heavy (non-hydrogen) atoms. The second kappa shape index (κ2) is 10.8. The van der Waals surface area contributed by atoms with Gasteiger partial charge in [-0.1, -0.05) is 64.6 Å². The van der Waals surface area contributed by atoms with Gasteiger partial charge in [0.2, 0.25) is 5.95 Å². The number of halogens is 1. The zero-order chi connectivity index (χ0) is 25.1. The van der Waals surface area contributed by atoms with E-state index in [1.165, 1.54) is 23.1 Å². The number of hydrogen-bond acceptors (Lipinski definition) is 11. The van der Waals surface area contributed by atoms with Crippen LogP contribution in [-0.4, -0.2) is 55.8 Å². The van der Waals surface area contributed by atoms with E-state index in [1.807, 2.05) is 48.5 Å². The molecule has 0 fully saturated rings. The average molecular weight is 586 g/mol. The maximum absolute atomic E-state index is 13.3. The third kappa shape index (κ3) is 4.86. The van der Waals surface area contributed by atoms with Crippen molar-refractivity contribution in [3.63, 3.8) is 0 Å². The molecule has 5 rings (SSSR count). The molecular formula is C23H20BrN7O3S2. The number of fused-ring (bicyclic) bond motifs is 1. The van der Waals surface area contributed by atoms with Gasteiger partial charge in [0.1, 0.15) is 16.8 Å². The normalized spacial score (nSPS) is 14.8. The molecule has 1 aliphatic rings. The molecule has 4 aromatic rings. The summed E-state index contributed by atoms with van der Waals surface area (Å²) >= 11 is 6.51. The Balaban J connectivity index is 1.51. The van der Waals surface area contributed by atoms with E-state index in [0.717, 1.165) is 24.9 Å². The Morgan fingerprint density at radius 1 is 1.19 bits per heavy atom. The number of carbonyl (C=O) groups is 1. The summed E-state index contributed by atoms with van der Waals surface area (Å²) in [4.78, 5) is 13.3. The average Bonchev–Trinajstić information content (AvgIpc) is 3.57. The number of esters is 1. The van der Waals surface area contributed by atoms with Crippen molar-refractivity contribution in [1.82, 2.24) is 30.4 Å². The molecule has 0 saturated heterocycles. The number of thioether (sulfide) groups is 1. The molecule has 0 saturated carbocycles. The number of nitrogens with one attached hydrogen (secondary N) is 1. The lowest BCUT2D eigenvalue weighted by atomic mass is 9.95. The summed E-state index contributed by atoms with van der Waals surface area (Å²) < 4.78 is 13.9. The SMILES string of the molecule is CCOC(=O)C1=C(CSc2nnc(-c3ccccc3)s2)Nc2nnnn2C1c1ccc(OC)c(Br)c1. The third-order valence-electron chi connectivity index (χ3n) is 5.35. The van der Waals surface area contributed by atoms with Gasteiger partial charge in [0.25, 0.3) is 0 Å². The minimum Gasteiger partial charge on any atom is -0.496 e. The van der Waals surface area contributed by atoms with Crippen molar-refractivity contribution in [3.05, 3.63) is 69.8 Å². The Labute approximate surface area is 223 Å². The monoisotopic (exact) mass is 585 g/mol. The van der Waals surface area contributed by atoms with Crippen molar-refractivity contribution in [1.29, 1.82) is 0 Å². The molecule has 0 bridgehead atoms. The van der Waals surface area contributed by atoms with Crippen LogP contribution in [0.15, 0.2) is 68.6 Å². The Hall–Kier alpha value is -3.29. The number of aromatic nitrogens is 6. The number of ether oxygens (including phenoxy) is 2. The van der Waals surface area contributed by atoms with Gasteiger partial charge in [-0.25, -0.2) is 4.79 Å². The van der Waals surface area contributed by atoms with Gasteiger partial charge in [-0.15, -0.1) is 10.2 Å². The predicted molar refractivity (Wildman–Crippen MR) is 140 cm³/mol. The quantitative estimate of drug-likeness (QED) is 0.232. The van der Waals surface area contributed by atoms with E-state index in [9.17, 15) is 4.79 Å². The number of anilines is 1. The van der Waals surface area contributed by atoms with E-state index in [-0.39, 0.29) is 6.61 Å². The van der Waals surface area contributed by atoms with Crippen LogP contribution >= 0.6 is 39.0 Å². The minimum absolute atomic E-state index is 0.237. The van der Waals surface area contributed by atoms with Crippen LogP contribution in [0.1, 0.15) is 18.5 Å². The van der Waals surface area contributed by atoms with E-state index in [0.29, 0.717) is 28.7 Å². The molecule has 10 nitrogen and oxygen atoms in total. The molecule has 1 N–H and O–H groups in total. The van der Waals surface area contributed by atoms with Crippen LogP contribution in [0.2, 0.25) is 0 Å². The molecule has 2 aromatic heterocycles. The second-order valence-corrected chi connectivity index (χ2v) is 10.6. The first-order chi connectivity index (χ1) is 17.6. The van der Waals surface area contributed by atoms with Crippen LogP contribution in [0.3, 0.4) is 0 Å². The van der Waals surface area contributed by atoms with Gasteiger partial charge >= 0.3 is 5.97 Å². The Morgan fingerprint density at radius 3 is 2.78 bits per heavy atom. The van der Waals surface area contributed by atoms with Crippen molar-refractivity contribution >= 4 is 50.9 Å². The summed E-state index contributed by atoms with van der Waals surface area (Å²) in [5.74, 6) is 1.07. The molecule has 1 aliphatic heterocycles. The number of methoxy groups -OCH3 is 1. The van der Waals surface area contributed by atoms with E-state index in [1.54, 1.807) is 18.7 Å². The fourth-order valence-electron chi connectivity index (χ4n) is 3.76. The summed E-state index contributed by atoms with van der Waals surface area (Å²) in [7, 11) is 1.60. The molecule has 0 radical (unpaired) electrons. The number of carbonyl (C=O) groups excluding carboxylic acids is 1. The van der Waals surface area contributed by atoms with E-state index < -0.39 is 12.0 Å². The molecule has 13 heteroatoms. The number of hydrogen-bond donors (Lipinski definition) is 1. The fourth-order valence-corrected chi connectivity index (χ4v) is 6.14. The van der Waals surface area contributed by atoms with E-state index in [2.05, 4.69) is 47.0 Å². The summed E-state index contributed by atoms with van der Waals surface area (Å²) in [5.41, 5.74) is 2.88. The van der Waals surface area contributed by atoms with Gasteiger partial charge in [-0.05, 0) is 51.0 Å². The van der Waals surface area contributed by atoms with Crippen molar-refractivity contribution in [3.8, 4) is 16.3 Å². The minimum atomic E-state index is -0.595. The lowest BCUT2D eigenvalue weighted by Gasteiger charge is -2.28. The summed E-state index contributed by atoms with van der Waals surface area (Å²) in [6.07, 6.45) is 0. The van der Waals surface area contributed by atoms with Crippen molar-refractivity contribution in [2.75, 3.05) is 24.8 Å². The zero-order valence-corrected chi connectivity index (χ0v) is 22.4. The highest BCUT2D eigenvalue weighted by atomic mass is 79.9. The van der Waals surface area contributed by atoms with Crippen LogP contribution in [-0.2, 0) is 9.53 Å². The fraction of sp³-hybridized carbons (Fsp3) is 0.217. The van der Waals surface area contributed by atoms with Crippen LogP contribution in [0.5, 0.6) is 5.75 Å². The maximum atomic E-state index is 13.3. The summed E-state index contributed by atoms with van der Waals surface area (Å²) in [6, 6.07) is 14.9. The summed E-state index contributed by atoms with van der Waals surface area (Å²) in [5, 5.41) is 24.8. The first-order valence-electron chi connectivity index (χ1n) is 10.9. The Morgan fingerprint density at radius 2 is 2.03 bits per heavy atom. The molecule has 0 aliphatic carbocycles. The maximum Gasteiger partial charge on any atom is 0.338 e. The second-order valence-electron chi connectivity index (χ2n) is 7.51. The van der Waals surface area contributed by atoms with E-state index >= 15 is 0 Å². The standard InChI is InChI=1S/C23H20BrN7O3S2/c1-3-34-21(32)18-16(12-35-23-28-26-20(36-23)13-7-5-4-6-8-13)25-22-27-29-30-31(22)19(18)14-9-10-17(33-2)15(24)11-14/h4-11,19H,3,12H2,1-2H3,(H,25,27,30). The van der Waals surface area contributed by atoms with Gasteiger partial charge in [-0.3, -0.25) is 0 Å². The zero-order valence-electron chi connectivity index (χ0n) is 19.2. The largest absolute Gasteiger partial charge is 0.496 e. The summed E-state index contributed by atoms with van der Waals surface area (Å²) in [6.45, 7) is 2.01. The van der Waals surface area contributed by atoms with E-state index in [4.69, 9.17) is 9.47 Å². The van der Waals surface area contributed by atoms with Gasteiger partial charge < -0.3 is 14.8 Å². The molecule has 1 atom stereocenters. The van der Waals surface area contributed by atoms with Gasteiger partial charge in [0.05, 0.1) is 23.8 Å². The van der Waals surface area contributed by atoms with Crippen LogP contribution in [0.4, 0.5) is 5.95 Å². The Bertz CT molecular complexity index is 1420. The highest BCUT2D eigenvalue weighted by Gasteiger charge is 2.36. The van der Waals surface area contributed by atoms with Gasteiger partial charge in [0, 0.05) is 17.0 Å². The number of rotatable bonds is 8. The van der Waals surface area contributed by atoms with Gasteiger partial charge in [0.15, 0.2) is 4.34 Å². The van der Waals surface area contributed by atoms with Crippen LogP contribution < -0.4 is 10.1 Å². The third-order valence-corrected chi connectivity index (χ3v) is 8.10. The molecule has 1 unspecified atom stereocenters. The van der Waals surface area contributed by atoms with Crippen molar-refractivity contribution in [2.24, 2.45) is 0 Å². The first-order valence-corrected chi connectivity index (χ1v) is 13.5. The number of nitrogens with zero attached hydrogens (tertiary/aromatic N) is 6. The molecule has 3 heterocycles. The predicted octanol–water partition coefficient (Wildman–Crippen LogP) is 4.59. The van der Waals surface area contributed by atoms with Crippen LogP contribution in [0, 0.1) is 0 Å². The van der Waals surface area contributed by atoms with Crippen molar-refractivity contribution < 1.29 is 14.3 Å². The molecular weight excluding hydrogens is 566 g/mol. The molecule has 0 amide bonds. The smallest absolute Gasteiger partial charge is 0.338 e. The van der Waals surface area contributed by atoms with Gasteiger partial charge in [-0.2, -0.15) is 4.68 Å². The Kier molecular flexibility index (Phi) is 7.30. The molecule has 184 valence electrons. The number of tetrazole rings is 1. The van der Waals surface area contributed by atoms with Crippen LogP contribution in [0.25, 0.3) is 10.6 Å². The lowest BCUT2D eigenvalue weighted by Crippen LogP contribution is -2.31. The highest BCUT2D eigenvalue weighted by molar-refractivity contribution is 9.10. The topological polar surface area (TPSA) is 117 Å².